The molecule has 0 saturated heterocycles. The lowest BCUT2D eigenvalue weighted by molar-refractivity contribution is -0.137. The second-order valence-electron chi connectivity index (χ2n) is 5.25. The molecule has 0 radical (unpaired) electrons. The number of unbranched alkanes of at least 4 members (excludes halogenated alkanes) is 8. The molecular weight excluding hydrogens is 323 g/mol. The van der Waals surface area contributed by atoms with Gasteiger partial charge in [0.05, 0.1) is 6.61 Å². The van der Waals surface area contributed by atoms with Crippen LogP contribution in [0.25, 0.3) is 0 Å². The number of esters is 1. The van der Waals surface area contributed by atoms with Crippen LogP contribution in [0.2, 0.25) is 0 Å². The van der Waals surface area contributed by atoms with Crippen molar-refractivity contribution in [2.24, 2.45) is 0 Å². The number of ether oxygens (including phenoxy) is 1. The summed E-state index contributed by atoms with van der Waals surface area (Å²) in [5.41, 5.74) is 0. The molecule has 0 fully saturated rings. The van der Waals surface area contributed by atoms with E-state index in [1.807, 2.05) is 0 Å². The lowest BCUT2D eigenvalue weighted by Gasteiger charge is -2.04. The van der Waals surface area contributed by atoms with Crippen LogP contribution in [0.15, 0.2) is 12.2 Å². The van der Waals surface area contributed by atoms with E-state index in [0.717, 1.165) is 32.1 Å². The van der Waals surface area contributed by atoms with Crippen LogP contribution in [-0.2, 0) is 20.5 Å². The first kappa shape index (κ1) is 21.9. The van der Waals surface area contributed by atoms with Gasteiger partial charge in [-0.05, 0) is 25.5 Å². The number of rotatable bonds is 13. The molecular formula is C15H31O5PS. The first-order valence-corrected chi connectivity index (χ1v) is 11.4. The van der Waals surface area contributed by atoms with E-state index in [9.17, 15) is 4.79 Å². The summed E-state index contributed by atoms with van der Waals surface area (Å²) in [6, 6.07) is 0. The molecule has 0 unspecified atom stereocenters. The topological polar surface area (TPSA) is 87.0 Å². The molecule has 22 heavy (non-hydrogen) atoms. The van der Waals surface area contributed by atoms with Gasteiger partial charge in [-0.1, -0.05) is 51.0 Å². The number of hydrogen-bond donors (Lipinski definition) is 4. The van der Waals surface area contributed by atoms with Crippen molar-refractivity contribution < 1.29 is 24.2 Å². The SMILES string of the molecule is CC=CC(=O)OCCCCCCCCCCC[SH]=P(O)(O)O. The zero-order valence-electron chi connectivity index (χ0n) is 13.5. The van der Waals surface area contributed by atoms with Crippen molar-refractivity contribution in [1.82, 2.24) is 0 Å². The third-order valence-corrected chi connectivity index (χ3v) is 5.77. The van der Waals surface area contributed by atoms with Gasteiger partial charge < -0.3 is 19.4 Å². The molecule has 132 valence electrons. The molecule has 0 aromatic carbocycles. The van der Waals surface area contributed by atoms with Crippen molar-refractivity contribution in [2.45, 2.75) is 64.7 Å². The van der Waals surface area contributed by atoms with Crippen LogP contribution >= 0.6 is 6.72 Å². The minimum Gasteiger partial charge on any atom is -0.463 e. The molecule has 0 aliphatic rings. The van der Waals surface area contributed by atoms with Gasteiger partial charge in [0.15, 0.2) is 0 Å². The average molecular weight is 354 g/mol. The van der Waals surface area contributed by atoms with Gasteiger partial charge in [-0.15, -0.1) is 10.9 Å². The van der Waals surface area contributed by atoms with E-state index in [1.54, 1.807) is 13.0 Å². The summed E-state index contributed by atoms with van der Waals surface area (Å²) in [6.07, 6.45) is 13.1. The van der Waals surface area contributed by atoms with E-state index in [0.29, 0.717) is 23.3 Å². The Balaban J connectivity index is 3.20. The molecule has 0 amide bonds. The van der Waals surface area contributed by atoms with E-state index >= 15 is 0 Å². The fourth-order valence-corrected chi connectivity index (χ4v) is 3.88. The number of allylic oxidation sites excluding steroid dienone is 1. The second-order valence-corrected chi connectivity index (χ2v) is 9.51. The fraction of sp³-hybridized carbons (Fsp3) is 0.800. The van der Waals surface area contributed by atoms with Crippen LogP contribution in [0.4, 0.5) is 0 Å². The van der Waals surface area contributed by atoms with Gasteiger partial charge in [-0.2, -0.15) is 0 Å². The van der Waals surface area contributed by atoms with Crippen LogP contribution in [0.3, 0.4) is 0 Å². The molecule has 0 spiro atoms. The summed E-state index contributed by atoms with van der Waals surface area (Å²) in [5, 5.41) is 0. The molecule has 0 heterocycles. The third kappa shape index (κ3) is 17.9. The van der Waals surface area contributed by atoms with Crippen LogP contribution in [-0.4, -0.2) is 33.0 Å². The molecule has 0 aliphatic carbocycles. The van der Waals surface area contributed by atoms with E-state index in [2.05, 4.69) is 0 Å². The Morgan fingerprint density at radius 1 is 0.955 bits per heavy atom. The highest BCUT2D eigenvalue weighted by molar-refractivity contribution is 8.16. The number of carbonyl (C=O) groups is 1. The number of carbonyl (C=O) groups excluding carboxylic acids is 1. The summed E-state index contributed by atoms with van der Waals surface area (Å²) < 4.78 is 5.01. The van der Waals surface area contributed by atoms with Gasteiger partial charge in [0.1, 0.15) is 0 Å². The van der Waals surface area contributed by atoms with Crippen LogP contribution in [0.5, 0.6) is 0 Å². The normalized spacial score (nSPS) is 12.0. The van der Waals surface area contributed by atoms with Crippen molar-refractivity contribution in [3.63, 3.8) is 0 Å². The molecule has 7 heteroatoms. The lowest BCUT2D eigenvalue weighted by Crippen LogP contribution is -2.01. The number of hydrogen-bond acceptors (Lipinski definition) is 2. The van der Waals surface area contributed by atoms with Gasteiger partial charge in [0.2, 0.25) is 0 Å². The van der Waals surface area contributed by atoms with Crippen molar-refractivity contribution >= 4 is 23.6 Å². The van der Waals surface area contributed by atoms with E-state index in [4.69, 9.17) is 19.4 Å². The average Bonchev–Trinajstić information content (AvgIpc) is 2.43. The minimum absolute atomic E-state index is 0.259. The smallest absolute Gasteiger partial charge is 0.330 e. The molecule has 5 nitrogen and oxygen atoms in total. The van der Waals surface area contributed by atoms with Gasteiger partial charge in [0.25, 0.3) is 6.72 Å². The first-order valence-electron chi connectivity index (χ1n) is 8.01. The molecule has 0 aromatic rings. The Morgan fingerprint density at radius 3 is 1.95 bits per heavy atom. The molecule has 0 atom stereocenters. The maximum atomic E-state index is 11.0. The van der Waals surface area contributed by atoms with Crippen molar-refractivity contribution in [1.29, 1.82) is 0 Å². The molecule has 0 saturated carbocycles. The zero-order chi connectivity index (χ0) is 16.7. The maximum absolute atomic E-state index is 11.0. The molecule has 0 aromatic heterocycles. The van der Waals surface area contributed by atoms with Crippen LogP contribution in [0.1, 0.15) is 64.7 Å². The van der Waals surface area contributed by atoms with Crippen LogP contribution < -0.4 is 0 Å². The van der Waals surface area contributed by atoms with Crippen molar-refractivity contribution in [3.05, 3.63) is 12.2 Å². The Bertz CT molecular complexity index is 357. The summed E-state index contributed by atoms with van der Waals surface area (Å²) in [6.45, 7) is -1.27. The summed E-state index contributed by atoms with van der Waals surface area (Å²) in [4.78, 5) is 37.5. The molecule has 0 bridgehead atoms. The zero-order valence-corrected chi connectivity index (χ0v) is 15.3. The van der Waals surface area contributed by atoms with E-state index in [1.165, 1.54) is 31.8 Å². The van der Waals surface area contributed by atoms with E-state index < -0.39 is 6.72 Å². The second kappa shape index (κ2) is 14.5. The van der Waals surface area contributed by atoms with Gasteiger partial charge in [0, 0.05) is 6.08 Å². The highest BCUT2D eigenvalue weighted by Crippen LogP contribution is 2.31. The predicted octanol–water partition coefficient (Wildman–Crippen LogP) is 3.09. The first-order chi connectivity index (χ1) is 10.5. The highest BCUT2D eigenvalue weighted by atomic mass is 32.5. The van der Waals surface area contributed by atoms with Crippen LogP contribution in [0, 0.1) is 0 Å². The molecule has 3 N–H and O–H groups in total. The number of thiol groups is 1. The fourth-order valence-electron chi connectivity index (χ4n) is 2.01. The third-order valence-electron chi connectivity index (χ3n) is 3.14. The largest absolute Gasteiger partial charge is 0.463 e. The summed E-state index contributed by atoms with van der Waals surface area (Å²) in [7, 11) is 0.372. The standard InChI is InChI=1S/C15H31O5PS/c1-2-12-15(16)20-13-10-8-6-4-3-5-7-9-11-14-22-21(17,18)19/h2,12,17-19,22H,3-11,13-14H2,1H3. The molecule has 0 aliphatic heterocycles. The molecule has 0 rings (SSSR count). The Kier molecular flexibility index (Phi) is 14.4. The quantitative estimate of drug-likeness (QED) is 0.134. The van der Waals surface area contributed by atoms with Gasteiger partial charge in [-0.25, -0.2) is 4.79 Å². The van der Waals surface area contributed by atoms with Crippen molar-refractivity contribution in [2.75, 3.05) is 12.4 Å². The Morgan fingerprint density at radius 2 is 1.45 bits per heavy atom. The monoisotopic (exact) mass is 354 g/mol. The summed E-state index contributed by atoms with van der Waals surface area (Å²) in [5.74, 6) is 0.397. The van der Waals surface area contributed by atoms with Gasteiger partial charge in [-0.3, -0.25) is 0 Å². The lowest BCUT2D eigenvalue weighted by atomic mass is 10.1. The van der Waals surface area contributed by atoms with E-state index in [-0.39, 0.29) is 5.97 Å². The summed E-state index contributed by atoms with van der Waals surface area (Å²) >= 11 is 0. The highest BCUT2D eigenvalue weighted by Gasteiger charge is 1.99. The predicted molar refractivity (Wildman–Crippen MR) is 94.5 cm³/mol. The van der Waals surface area contributed by atoms with Crippen molar-refractivity contribution in [3.8, 4) is 0 Å². The Hall–Kier alpha value is -0.130. The Labute approximate surface area is 137 Å². The minimum atomic E-state index is -3.57. The van der Waals surface area contributed by atoms with Gasteiger partial charge >= 0.3 is 5.97 Å². The maximum Gasteiger partial charge on any atom is 0.330 e.